The Morgan fingerprint density at radius 3 is 2.62 bits per heavy atom. The van der Waals surface area contributed by atoms with Crippen LogP contribution in [0.5, 0.6) is 0 Å². The fourth-order valence-electron chi connectivity index (χ4n) is 1.45. The SMILES string of the molecule is Cc1nc(N)nc(Cc2ccccc2Br)n1. The Morgan fingerprint density at radius 2 is 1.94 bits per heavy atom. The van der Waals surface area contributed by atoms with Gasteiger partial charge in [-0.05, 0) is 18.6 Å². The van der Waals surface area contributed by atoms with Crippen molar-refractivity contribution in [3.8, 4) is 0 Å². The fraction of sp³-hybridized carbons (Fsp3) is 0.182. The third kappa shape index (κ3) is 2.55. The largest absolute Gasteiger partial charge is 0.368 e. The van der Waals surface area contributed by atoms with Crippen molar-refractivity contribution in [1.29, 1.82) is 0 Å². The molecule has 2 rings (SSSR count). The summed E-state index contributed by atoms with van der Waals surface area (Å²) in [6, 6.07) is 7.98. The van der Waals surface area contributed by atoms with Gasteiger partial charge >= 0.3 is 0 Å². The molecule has 1 aromatic heterocycles. The Hall–Kier alpha value is -1.49. The second kappa shape index (κ2) is 4.57. The lowest BCUT2D eigenvalue weighted by Gasteiger charge is -2.04. The molecule has 2 aromatic rings. The fourth-order valence-corrected chi connectivity index (χ4v) is 1.88. The van der Waals surface area contributed by atoms with Crippen LogP contribution in [0.15, 0.2) is 28.7 Å². The quantitative estimate of drug-likeness (QED) is 0.914. The predicted molar refractivity (Wildman–Crippen MR) is 65.9 cm³/mol. The topological polar surface area (TPSA) is 64.7 Å². The van der Waals surface area contributed by atoms with Crippen molar-refractivity contribution in [3.63, 3.8) is 0 Å². The average Bonchev–Trinajstić information content (AvgIpc) is 2.20. The van der Waals surface area contributed by atoms with E-state index in [2.05, 4.69) is 30.9 Å². The molecule has 1 aromatic carbocycles. The maximum absolute atomic E-state index is 5.58. The summed E-state index contributed by atoms with van der Waals surface area (Å²) in [7, 11) is 0. The molecule has 2 N–H and O–H groups in total. The van der Waals surface area contributed by atoms with Crippen LogP contribution in [0.4, 0.5) is 5.95 Å². The molecular formula is C11H11BrN4. The van der Waals surface area contributed by atoms with E-state index in [4.69, 9.17) is 5.73 Å². The van der Waals surface area contributed by atoms with E-state index in [1.54, 1.807) is 0 Å². The maximum Gasteiger partial charge on any atom is 0.223 e. The van der Waals surface area contributed by atoms with Gasteiger partial charge in [-0.15, -0.1) is 0 Å². The van der Waals surface area contributed by atoms with Crippen LogP contribution < -0.4 is 5.73 Å². The van der Waals surface area contributed by atoms with Crippen molar-refractivity contribution in [2.75, 3.05) is 5.73 Å². The zero-order valence-electron chi connectivity index (χ0n) is 8.81. The van der Waals surface area contributed by atoms with Crippen LogP contribution in [-0.4, -0.2) is 15.0 Å². The summed E-state index contributed by atoms with van der Waals surface area (Å²) in [4.78, 5) is 12.3. The second-order valence-corrected chi connectivity index (χ2v) is 4.28. The Balaban J connectivity index is 2.30. The van der Waals surface area contributed by atoms with Gasteiger partial charge in [-0.25, -0.2) is 4.98 Å². The third-order valence-corrected chi connectivity index (χ3v) is 2.89. The van der Waals surface area contributed by atoms with Crippen LogP contribution in [0.25, 0.3) is 0 Å². The smallest absolute Gasteiger partial charge is 0.223 e. The highest BCUT2D eigenvalue weighted by atomic mass is 79.9. The molecule has 82 valence electrons. The molecule has 1 heterocycles. The van der Waals surface area contributed by atoms with Crippen LogP contribution in [0.1, 0.15) is 17.2 Å². The van der Waals surface area contributed by atoms with Gasteiger partial charge in [0.15, 0.2) is 0 Å². The first kappa shape index (κ1) is 11.0. The Morgan fingerprint density at radius 1 is 1.19 bits per heavy atom. The molecule has 0 aliphatic rings. The minimum Gasteiger partial charge on any atom is -0.368 e. The molecule has 0 atom stereocenters. The van der Waals surface area contributed by atoms with E-state index >= 15 is 0 Å². The highest BCUT2D eigenvalue weighted by Crippen LogP contribution is 2.18. The number of halogens is 1. The molecule has 0 amide bonds. The molecule has 0 saturated heterocycles. The highest BCUT2D eigenvalue weighted by molar-refractivity contribution is 9.10. The van der Waals surface area contributed by atoms with Crippen LogP contribution in [-0.2, 0) is 6.42 Å². The highest BCUT2D eigenvalue weighted by Gasteiger charge is 2.05. The van der Waals surface area contributed by atoms with Gasteiger partial charge in [0.2, 0.25) is 5.95 Å². The van der Waals surface area contributed by atoms with Gasteiger partial charge in [0.25, 0.3) is 0 Å². The first-order valence-electron chi connectivity index (χ1n) is 4.85. The summed E-state index contributed by atoms with van der Waals surface area (Å²) in [5.74, 6) is 1.61. The molecule has 0 radical (unpaired) electrons. The number of nitrogens with zero attached hydrogens (tertiary/aromatic N) is 3. The molecular weight excluding hydrogens is 268 g/mol. The van der Waals surface area contributed by atoms with Crippen LogP contribution in [0, 0.1) is 6.92 Å². The summed E-state index contributed by atoms with van der Waals surface area (Å²) >= 11 is 3.49. The van der Waals surface area contributed by atoms with Gasteiger partial charge in [-0.3, -0.25) is 0 Å². The zero-order valence-corrected chi connectivity index (χ0v) is 10.4. The van der Waals surface area contributed by atoms with E-state index in [9.17, 15) is 0 Å². The number of benzene rings is 1. The number of aromatic nitrogens is 3. The Bertz CT molecular complexity index is 493. The van der Waals surface area contributed by atoms with E-state index in [1.807, 2.05) is 31.2 Å². The molecule has 0 saturated carbocycles. The van der Waals surface area contributed by atoms with E-state index in [0.29, 0.717) is 18.1 Å². The van der Waals surface area contributed by atoms with Gasteiger partial charge in [0.05, 0.1) is 0 Å². The maximum atomic E-state index is 5.58. The molecule has 0 bridgehead atoms. The number of rotatable bonds is 2. The van der Waals surface area contributed by atoms with Crippen molar-refractivity contribution in [2.45, 2.75) is 13.3 Å². The number of hydrogen-bond donors (Lipinski definition) is 1. The minimum absolute atomic E-state index is 0.273. The first-order valence-corrected chi connectivity index (χ1v) is 5.65. The molecule has 5 heteroatoms. The molecule has 4 nitrogen and oxygen atoms in total. The van der Waals surface area contributed by atoms with Crippen molar-refractivity contribution < 1.29 is 0 Å². The summed E-state index contributed by atoms with van der Waals surface area (Å²) in [6.07, 6.45) is 0.648. The Labute approximate surface area is 102 Å². The Kier molecular flexibility index (Phi) is 3.14. The molecule has 0 fully saturated rings. The molecule has 0 aliphatic carbocycles. The number of aryl methyl sites for hydroxylation is 1. The van der Waals surface area contributed by atoms with E-state index < -0.39 is 0 Å². The summed E-state index contributed by atoms with van der Waals surface area (Å²) in [5.41, 5.74) is 6.71. The normalized spacial score (nSPS) is 10.4. The van der Waals surface area contributed by atoms with Crippen molar-refractivity contribution in [3.05, 3.63) is 46.0 Å². The average molecular weight is 279 g/mol. The number of anilines is 1. The zero-order chi connectivity index (χ0) is 11.5. The second-order valence-electron chi connectivity index (χ2n) is 3.43. The number of nitrogens with two attached hydrogens (primary N) is 1. The van der Waals surface area contributed by atoms with Gasteiger partial charge < -0.3 is 5.73 Å². The van der Waals surface area contributed by atoms with E-state index in [0.717, 1.165) is 10.0 Å². The lowest BCUT2D eigenvalue weighted by molar-refractivity contribution is 0.888. The summed E-state index contributed by atoms with van der Waals surface area (Å²) in [6.45, 7) is 1.81. The van der Waals surface area contributed by atoms with E-state index in [1.165, 1.54) is 0 Å². The van der Waals surface area contributed by atoms with Gasteiger partial charge in [0.1, 0.15) is 11.6 Å². The molecule has 0 unspecified atom stereocenters. The minimum atomic E-state index is 0.273. The van der Waals surface area contributed by atoms with Crippen molar-refractivity contribution in [1.82, 2.24) is 15.0 Å². The van der Waals surface area contributed by atoms with Gasteiger partial charge in [-0.2, -0.15) is 9.97 Å². The number of hydrogen-bond acceptors (Lipinski definition) is 4. The third-order valence-electron chi connectivity index (χ3n) is 2.12. The van der Waals surface area contributed by atoms with Crippen LogP contribution in [0.2, 0.25) is 0 Å². The standard InChI is InChI=1S/C11H11BrN4/c1-7-14-10(16-11(13)15-7)6-8-4-2-3-5-9(8)12/h2-5H,6H2,1H3,(H2,13,14,15,16). The lowest BCUT2D eigenvalue weighted by atomic mass is 10.1. The van der Waals surface area contributed by atoms with Crippen LogP contribution in [0.3, 0.4) is 0 Å². The monoisotopic (exact) mass is 278 g/mol. The molecule has 16 heavy (non-hydrogen) atoms. The summed E-state index contributed by atoms with van der Waals surface area (Å²) < 4.78 is 1.05. The predicted octanol–water partition coefficient (Wildman–Crippen LogP) is 2.12. The summed E-state index contributed by atoms with van der Waals surface area (Å²) in [5, 5.41) is 0. The van der Waals surface area contributed by atoms with E-state index in [-0.39, 0.29) is 5.95 Å². The lowest BCUT2D eigenvalue weighted by Crippen LogP contribution is -2.05. The first-order chi connectivity index (χ1) is 7.65. The molecule has 0 aliphatic heterocycles. The van der Waals surface area contributed by atoms with Gasteiger partial charge in [0, 0.05) is 10.9 Å². The van der Waals surface area contributed by atoms with Gasteiger partial charge in [-0.1, -0.05) is 34.1 Å². The van der Waals surface area contributed by atoms with Crippen molar-refractivity contribution >= 4 is 21.9 Å². The van der Waals surface area contributed by atoms with Crippen LogP contribution >= 0.6 is 15.9 Å². The molecule has 0 spiro atoms. The van der Waals surface area contributed by atoms with Crippen molar-refractivity contribution in [2.24, 2.45) is 0 Å². The number of nitrogen functional groups attached to an aromatic ring is 1.